The number of nitrogens with one attached hydrogen (secondary N) is 2. The van der Waals surface area contributed by atoms with Crippen molar-refractivity contribution in [3.05, 3.63) is 65.6 Å². The van der Waals surface area contributed by atoms with E-state index in [-0.39, 0.29) is 29.4 Å². The molecule has 1 aliphatic carbocycles. The summed E-state index contributed by atoms with van der Waals surface area (Å²) in [7, 11) is 1.58. The Labute approximate surface area is 209 Å². The minimum absolute atomic E-state index is 0.0299. The summed E-state index contributed by atoms with van der Waals surface area (Å²) in [4.78, 5) is 13.1. The zero-order valence-electron chi connectivity index (χ0n) is 19.5. The van der Waals surface area contributed by atoms with Gasteiger partial charge < -0.3 is 21.1 Å². The van der Waals surface area contributed by atoms with Gasteiger partial charge in [-0.15, -0.1) is 0 Å². The molecule has 0 atom stereocenters. The fourth-order valence-electron chi connectivity index (χ4n) is 4.18. The van der Waals surface area contributed by atoms with Crippen molar-refractivity contribution in [3.8, 4) is 5.75 Å². The van der Waals surface area contributed by atoms with Gasteiger partial charge in [-0.3, -0.25) is 0 Å². The van der Waals surface area contributed by atoms with Crippen LogP contribution >= 0.6 is 11.3 Å². The van der Waals surface area contributed by atoms with E-state index < -0.39 is 17.4 Å². The molecule has 7 nitrogen and oxygen atoms in total. The zero-order chi connectivity index (χ0) is 25.3. The minimum atomic E-state index is -3.47. The molecule has 1 aliphatic rings. The second-order valence-corrected chi connectivity index (χ2v) is 9.81. The van der Waals surface area contributed by atoms with Gasteiger partial charge in [0, 0.05) is 23.7 Å². The Morgan fingerprint density at radius 3 is 2.47 bits per heavy atom. The maximum absolute atomic E-state index is 15.5. The summed E-state index contributed by atoms with van der Waals surface area (Å²) in [5.41, 5.74) is 5.86. The van der Waals surface area contributed by atoms with Crippen molar-refractivity contribution >= 4 is 38.5 Å². The van der Waals surface area contributed by atoms with Gasteiger partial charge in [-0.1, -0.05) is 11.3 Å². The van der Waals surface area contributed by atoms with Crippen LogP contribution in [0.2, 0.25) is 0 Å². The molecular formula is C25H25F3N6OS. The first-order valence-electron chi connectivity index (χ1n) is 11.6. The van der Waals surface area contributed by atoms with E-state index in [9.17, 15) is 4.39 Å². The van der Waals surface area contributed by atoms with Crippen molar-refractivity contribution < 1.29 is 17.9 Å². The molecule has 4 aromatic rings. The average Bonchev–Trinajstić information content (AvgIpc) is 3.27. The van der Waals surface area contributed by atoms with Crippen LogP contribution in [-0.4, -0.2) is 34.1 Å². The molecule has 1 fully saturated rings. The molecule has 2 aromatic heterocycles. The quantitative estimate of drug-likeness (QED) is 0.287. The van der Waals surface area contributed by atoms with E-state index in [1.165, 1.54) is 17.4 Å². The molecule has 11 heteroatoms. The van der Waals surface area contributed by atoms with Crippen molar-refractivity contribution in [1.29, 1.82) is 0 Å². The Morgan fingerprint density at radius 1 is 1.00 bits per heavy atom. The molecule has 188 valence electrons. The first-order chi connectivity index (χ1) is 17.3. The van der Waals surface area contributed by atoms with Crippen LogP contribution in [0.25, 0.3) is 10.2 Å². The lowest BCUT2D eigenvalue weighted by atomic mass is 9.92. The van der Waals surface area contributed by atoms with Crippen LogP contribution in [0, 0.1) is 5.82 Å². The van der Waals surface area contributed by atoms with Gasteiger partial charge in [-0.05, 0) is 68.1 Å². The third-order valence-corrected chi connectivity index (χ3v) is 7.12. The van der Waals surface area contributed by atoms with Gasteiger partial charge in [0.05, 0.1) is 17.3 Å². The summed E-state index contributed by atoms with van der Waals surface area (Å²) < 4.78 is 50.5. The maximum atomic E-state index is 15.5. The fourth-order valence-corrected chi connectivity index (χ4v) is 5.09. The standard InChI is InChI=1S/C25H25F3N6OS/c1-35-18-10-11-19-20(12-18)36-24(31-19)34-22-13-21(25(27,28)14-2-4-15(26)5-3-14)32-23(33-22)30-17-8-6-16(29)7-9-17/h2-5,10-13,16-17H,6-9,29H2,1H3,(H2,30,31,32,33,34). The molecule has 0 bridgehead atoms. The van der Waals surface area contributed by atoms with Gasteiger partial charge in [0.1, 0.15) is 23.1 Å². The van der Waals surface area contributed by atoms with E-state index >= 15 is 8.78 Å². The number of thiazole rings is 1. The molecule has 0 unspecified atom stereocenters. The van der Waals surface area contributed by atoms with Gasteiger partial charge in [0.15, 0.2) is 5.13 Å². The summed E-state index contributed by atoms with van der Waals surface area (Å²) in [6, 6.07) is 11.0. The smallest absolute Gasteiger partial charge is 0.315 e. The second kappa shape index (κ2) is 9.90. The maximum Gasteiger partial charge on any atom is 0.315 e. The number of halogens is 3. The zero-order valence-corrected chi connectivity index (χ0v) is 20.3. The second-order valence-electron chi connectivity index (χ2n) is 8.78. The summed E-state index contributed by atoms with van der Waals surface area (Å²) in [5, 5.41) is 6.74. The van der Waals surface area contributed by atoms with Gasteiger partial charge in [-0.2, -0.15) is 13.8 Å². The number of rotatable bonds is 7. The van der Waals surface area contributed by atoms with E-state index in [0.717, 1.165) is 60.2 Å². The van der Waals surface area contributed by atoms with E-state index in [0.29, 0.717) is 10.9 Å². The number of hydrogen-bond acceptors (Lipinski definition) is 8. The summed E-state index contributed by atoms with van der Waals surface area (Å²) in [5.74, 6) is -3.12. The number of fused-ring (bicyclic) bond motifs is 1. The number of nitrogens with zero attached hydrogens (tertiary/aromatic N) is 3. The molecule has 2 aromatic carbocycles. The van der Waals surface area contributed by atoms with E-state index in [1.54, 1.807) is 13.2 Å². The highest BCUT2D eigenvalue weighted by Crippen LogP contribution is 2.37. The molecular weight excluding hydrogens is 489 g/mol. The van der Waals surface area contributed by atoms with Crippen LogP contribution in [0.4, 0.5) is 30.1 Å². The van der Waals surface area contributed by atoms with Crippen molar-refractivity contribution in [2.24, 2.45) is 5.73 Å². The molecule has 0 aliphatic heterocycles. The number of ether oxygens (including phenoxy) is 1. The van der Waals surface area contributed by atoms with Crippen LogP contribution in [-0.2, 0) is 5.92 Å². The van der Waals surface area contributed by atoms with Crippen molar-refractivity contribution in [3.63, 3.8) is 0 Å². The summed E-state index contributed by atoms with van der Waals surface area (Å²) in [6.07, 6.45) is 3.27. The topological polar surface area (TPSA) is 98.0 Å². The predicted octanol–water partition coefficient (Wildman–Crippen LogP) is 5.80. The van der Waals surface area contributed by atoms with Gasteiger partial charge in [0.2, 0.25) is 5.95 Å². The van der Waals surface area contributed by atoms with Crippen LogP contribution in [0.1, 0.15) is 36.9 Å². The third-order valence-electron chi connectivity index (χ3n) is 6.19. The number of nitrogens with two attached hydrogens (primary N) is 1. The molecule has 0 saturated heterocycles. The monoisotopic (exact) mass is 514 g/mol. The number of aromatic nitrogens is 3. The average molecular weight is 515 g/mol. The van der Waals surface area contributed by atoms with Gasteiger partial charge in [-0.25, -0.2) is 14.4 Å². The Balaban J connectivity index is 1.49. The molecule has 36 heavy (non-hydrogen) atoms. The van der Waals surface area contributed by atoms with Crippen LogP contribution in [0.5, 0.6) is 5.75 Å². The Hall–Kier alpha value is -3.44. The molecule has 4 N–H and O–H groups in total. The normalized spacial score (nSPS) is 18.2. The predicted molar refractivity (Wildman–Crippen MR) is 135 cm³/mol. The number of benzene rings is 2. The largest absolute Gasteiger partial charge is 0.497 e. The van der Waals surface area contributed by atoms with E-state index in [4.69, 9.17) is 10.5 Å². The van der Waals surface area contributed by atoms with Gasteiger partial charge in [0.25, 0.3) is 0 Å². The number of methoxy groups -OCH3 is 1. The highest BCUT2D eigenvalue weighted by atomic mass is 32.1. The van der Waals surface area contributed by atoms with E-state index in [1.807, 2.05) is 12.1 Å². The highest BCUT2D eigenvalue weighted by molar-refractivity contribution is 7.22. The van der Waals surface area contributed by atoms with Crippen molar-refractivity contribution in [2.45, 2.75) is 43.7 Å². The first kappa shape index (κ1) is 24.3. The summed E-state index contributed by atoms with van der Waals surface area (Å²) in [6.45, 7) is 0. The van der Waals surface area contributed by atoms with Crippen LogP contribution < -0.4 is 21.1 Å². The fraction of sp³-hybridized carbons (Fsp3) is 0.320. The molecule has 0 amide bonds. The molecule has 0 radical (unpaired) electrons. The third kappa shape index (κ3) is 5.21. The van der Waals surface area contributed by atoms with E-state index in [2.05, 4.69) is 25.6 Å². The molecule has 1 saturated carbocycles. The minimum Gasteiger partial charge on any atom is -0.497 e. The SMILES string of the molecule is COc1ccc2nc(Nc3cc(C(F)(F)c4ccc(F)cc4)nc(NC4CCC(N)CC4)n3)sc2c1. The van der Waals surface area contributed by atoms with Gasteiger partial charge >= 0.3 is 5.92 Å². The number of anilines is 3. The number of alkyl halides is 2. The van der Waals surface area contributed by atoms with Crippen LogP contribution in [0.3, 0.4) is 0 Å². The number of hydrogen-bond donors (Lipinski definition) is 3. The first-order valence-corrected chi connectivity index (χ1v) is 12.4. The lowest BCUT2D eigenvalue weighted by Gasteiger charge is -2.27. The molecule has 0 spiro atoms. The van der Waals surface area contributed by atoms with Crippen molar-refractivity contribution in [2.75, 3.05) is 17.7 Å². The lowest BCUT2D eigenvalue weighted by molar-refractivity contribution is 0.0380. The molecule has 2 heterocycles. The lowest BCUT2D eigenvalue weighted by Crippen LogP contribution is -2.33. The highest BCUT2D eigenvalue weighted by Gasteiger charge is 2.37. The summed E-state index contributed by atoms with van der Waals surface area (Å²) >= 11 is 1.35. The Bertz CT molecular complexity index is 1360. The molecule has 5 rings (SSSR count). The Morgan fingerprint density at radius 2 is 1.75 bits per heavy atom. The van der Waals surface area contributed by atoms with Crippen molar-refractivity contribution in [1.82, 2.24) is 15.0 Å². The Kier molecular flexibility index (Phi) is 6.67. The van der Waals surface area contributed by atoms with Crippen LogP contribution in [0.15, 0.2) is 48.5 Å².